The Labute approximate surface area is 139 Å². The van der Waals surface area contributed by atoms with E-state index in [0.717, 1.165) is 23.7 Å². The molecule has 0 aliphatic heterocycles. The van der Waals surface area contributed by atoms with E-state index in [-0.39, 0.29) is 0 Å². The Hall–Kier alpha value is -0.520. The number of hydrogen-bond acceptors (Lipinski definition) is 0. The molecule has 0 aromatic rings. The van der Waals surface area contributed by atoms with Crippen molar-refractivity contribution in [1.29, 1.82) is 0 Å². The van der Waals surface area contributed by atoms with Gasteiger partial charge >= 0.3 is 0 Å². The molecule has 0 spiro atoms. The molecule has 0 saturated heterocycles. The fourth-order valence-electron chi connectivity index (χ4n) is 6.40. The average Bonchev–Trinajstić information content (AvgIpc) is 2.43. The van der Waals surface area contributed by atoms with Crippen LogP contribution in [0, 0.1) is 34.5 Å². The summed E-state index contributed by atoms with van der Waals surface area (Å²) >= 11 is 0. The Morgan fingerprint density at radius 2 is 1.91 bits per heavy atom. The minimum atomic E-state index is 0.398. The van der Waals surface area contributed by atoms with Gasteiger partial charge in [-0.25, -0.2) is 0 Å². The van der Waals surface area contributed by atoms with Crippen molar-refractivity contribution in [1.82, 2.24) is 0 Å². The van der Waals surface area contributed by atoms with Gasteiger partial charge in [-0.1, -0.05) is 78.7 Å². The number of allylic oxidation sites excluding steroid dienone is 3. The van der Waals surface area contributed by atoms with Crippen LogP contribution in [0.3, 0.4) is 0 Å². The van der Waals surface area contributed by atoms with Gasteiger partial charge in [0.1, 0.15) is 0 Å². The Balaban J connectivity index is 2.45. The molecule has 0 amide bonds. The fourth-order valence-corrected chi connectivity index (χ4v) is 6.40. The van der Waals surface area contributed by atoms with Gasteiger partial charge in [0.05, 0.1) is 0 Å². The fraction of sp³-hybridized carbons (Fsp3) is 0.818. The molecule has 2 fully saturated rings. The molecule has 126 valence electrons. The SMILES string of the molecule is C=C/C=C1/C(C)CC2C(CC)C(C)(C)CCC2C1(C)CCC. The first-order chi connectivity index (χ1) is 10.3. The van der Waals surface area contributed by atoms with Crippen molar-refractivity contribution in [2.45, 2.75) is 80.1 Å². The molecule has 5 unspecified atom stereocenters. The maximum Gasteiger partial charge on any atom is -0.00797 e. The summed E-state index contributed by atoms with van der Waals surface area (Å²) in [5, 5.41) is 0. The molecule has 0 N–H and O–H groups in total. The quantitative estimate of drug-likeness (QED) is 0.523. The van der Waals surface area contributed by atoms with E-state index in [9.17, 15) is 0 Å². The van der Waals surface area contributed by atoms with Crippen LogP contribution >= 0.6 is 0 Å². The third kappa shape index (κ3) is 2.83. The van der Waals surface area contributed by atoms with Gasteiger partial charge in [-0.05, 0) is 60.2 Å². The van der Waals surface area contributed by atoms with Gasteiger partial charge in [0.25, 0.3) is 0 Å². The van der Waals surface area contributed by atoms with Crippen LogP contribution in [0.4, 0.5) is 0 Å². The molecule has 0 heteroatoms. The van der Waals surface area contributed by atoms with Crippen molar-refractivity contribution >= 4 is 0 Å². The lowest BCUT2D eigenvalue weighted by atomic mass is 9.46. The molecule has 2 saturated carbocycles. The summed E-state index contributed by atoms with van der Waals surface area (Å²) in [5.74, 6) is 3.42. The third-order valence-corrected chi connectivity index (χ3v) is 7.28. The largest absolute Gasteiger partial charge is 0.0991 e. The molecular formula is C22H38. The molecule has 2 aliphatic rings. The minimum Gasteiger partial charge on any atom is -0.0991 e. The maximum absolute atomic E-state index is 4.00. The van der Waals surface area contributed by atoms with E-state index < -0.39 is 0 Å². The van der Waals surface area contributed by atoms with E-state index in [2.05, 4.69) is 54.2 Å². The summed E-state index contributed by atoms with van der Waals surface area (Å²) in [5.41, 5.74) is 2.62. The van der Waals surface area contributed by atoms with Gasteiger partial charge in [0.15, 0.2) is 0 Å². The Bertz CT molecular complexity index is 427. The monoisotopic (exact) mass is 302 g/mol. The third-order valence-electron chi connectivity index (χ3n) is 7.28. The summed E-state index contributed by atoms with van der Waals surface area (Å²) in [6.07, 6.45) is 12.6. The van der Waals surface area contributed by atoms with E-state index in [1.807, 2.05) is 6.08 Å². The normalized spacial score (nSPS) is 42.9. The Morgan fingerprint density at radius 1 is 1.23 bits per heavy atom. The summed E-state index contributed by atoms with van der Waals surface area (Å²) in [4.78, 5) is 0. The predicted octanol–water partition coefficient (Wildman–Crippen LogP) is 7.02. The van der Waals surface area contributed by atoms with Gasteiger partial charge in [-0.15, -0.1) is 0 Å². The molecule has 0 aromatic carbocycles. The lowest BCUT2D eigenvalue weighted by Gasteiger charge is -2.59. The first-order valence-electron chi connectivity index (χ1n) is 9.64. The first-order valence-corrected chi connectivity index (χ1v) is 9.64. The summed E-state index contributed by atoms with van der Waals surface area (Å²) in [6.45, 7) is 18.9. The number of fused-ring (bicyclic) bond motifs is 1. The zero-order chi connectivity index (χ0) is 16.5. The molecule has 5 atom stereocenters. The molecular weight excluding hydrogens is 264 g/mol. The Morgan fingerprint density at radius 3 is 2.45 bits per heavy atom. The lowest BCUT2D eigenvalue weighted by Crippen LogP contribution is -2.50. The van der Waals surface area contributed by atoms with Gasteiger partial charge in [0.2, 0.25) is 0 Å². The standard InChI is InChI=1S/C22H38/c1-8-11-19-16(4)15-17-18(10-3)21(5,6)14-12-20(17)22(19,7)13-9-2/h8,11,16-18,20H,1,9-10,12-15H2,2-7H3/b19-11-. The van der Waals surface area contributed by atoms with E-state index in [4.69, 9.17) is 0 Å². The van der Waals surface area contributed by atoms with Gasteiger partial charge < -0.3 is 0 Å². The van der Waals surface area contributed by atoms with Crippen LogP contribution in [0.5, 0.6) is 0 Å². The first kappa shape index (κ1) is 17.8. The minimum absolute atomic E-state index is 0.398. The molecule has 2 rings (SSSR count). The number of hydrogen-bond donors (Lipinski definition) is 0. The van der Waals surface area contributed by atoms with Gasteiger partial charge in [-0.3, -0.25) is 0 Å². The van der Waals surface area contributed by atoms with E-state index in [0.29, 0.717) is 10.8 Å². The van der Waals surface area contributed by atoms with Crippen LogP contribution in [0.1, 0.15) is 80.1 Å². The second kappa shape index (κ2) is 6.54. The molecule has 22 heavy (non-hydrogen) atoms. The number of rotatable bonds is 4. The van der Waals surface area contributed by atoms with Crippen LogP contribution < -0.4 is 0 Å². The smallest absolute Gasteiger partial charge is 0.00797 e. The second-order valence-electron chi connectivity index (χ2n) is 8.97. The molecule has 0 bridgehead atoms. The van der Waals surface area contributed by atoms with Crippen molar-refractivity contribution in [2.75, 3.05) is 0 Å². The van der Waals surface area contributed by atoms with E-state index in [1.54, 1.807) is 5.57 Å². The highest BCUT2D eigenvalue weighted by atomic mass is 14.6. The molecule has 0 aromatic heterocycles. The van der Waals surface area contributed by atoms with E-state index >= 15 is 0 Å². The van der Waals surface area contributed by atoms with Crippen molar-refractivity contribution in [3.05, 3.63) is 24.3 Å². The van der Waals surface area contributed by atoms with Crippen molar-refractivity contribution in [3.63, 3.8) is 0 Å². The van der Waals surface area contributed by atoms with Crippen LogP contribution in [0.2, 0.25) is 0 Å². The maximum atomic E-state index is 4.00. The molecule has 0 nitrogen and oxygen atoms in total. The van der Waals surface area contributed by atoms with Gasteiger partial charge in [0, 0.05) is 0 Å². The van der Waals surface area contributed by atoms with Crippen LogP contribution in [0.25, 0.3) is 0 Å². The van der Waals surface area contributed by atoms with Crippen molar-refractivity contribution in [2.24, 2.45) is 34.5 Å². The predicted molar refractivity (Wildman–Crippen MR) is 98.9 cm³/mol. The zero-order valence-corrected chi connectivity index (χ0v) is 15.9. The summed E-state index contributed by atoms with van der Waals surface area (Å²) in [6, 6.07) is 0. The summed E-state index contributed by atoms with van der Waals surface area (Å²) in [7, 11) is 0. The molecule has 0 heterocycles. The van der Waals surface area contributed by atoms with Crippen LogP contribution in [0.15, 0.2) is 24.3 Å². The van der Waals surface area contributed by atoms with E-state index in [1.165, 1.54) is 38.5 Å². The van der Waals surface area contributed by atoms with Crippen LogP contribution in [-0.2, 0) is 0 Å². The summed E-state index contributed by atoms with van der Waals surface area (Å²) < 4.78 is 0. The van der Waals surface area contributed by atoms with Crippen molar-refractivity contribution in [3.8, 4) is 0 Å². The second-order valence-corrected chi connectivity index (χ2v) is 8.97. The van der Waals surface area contributed by atoms with Gasteiger partial charge in [-0.2, -0.15) is 0 Å². The van der Waals surface area contributed by atoms with Crippen molar-refractivity contribution < 1.29 is 0 Å². The topological polar surface area (TPSA) is 0 Å². The highest BCUT2D eigenvalue weighted by Crippen LogP contribution is 2.62. The molecule has 2 aliphatic carbocycles. The van der Waals surface area contributed by atoms with Crippen LogP contribution in [-0.4, -0.2) is 0 Å². The molecule has 0 radical (unpaired) electrons. The lowest BCUT2D eigenvalue weighted by molar-refractivity contribution is -0.0541. The highest BCUT2D eigenvalue weighted by molar-refractivity contribution is 5.26. The highest BCUT2D eigenvalue weighted by Gasteiger charge is 2.53. The Kier molecular flexibility index (Phi) is 5.30. The average molecular weight is 303 g/mol. The zero-order valence-electron chi connectivity index (χ0n) is 15.9.